The molecule has 2 rings (SSSR count). The van der Waals surface area contributed by atoms with Gasteiger partial charge in [-0.1, -0.05) is 13.8 Å². The van der Waals surface area contributed by atoms with Gasteiger partial charge in [-0.25, -0.2) is 4.79 Å². The van der Waals surface area contributed by atoms with Crippen LogP contribution in [-0.4, -0.2) is 36.3 Å². The Morgan fingerprint density at radius 1 is 1.23 bits per heavy atom. The third kappa shape index (κ3) is 4.51. The number of aliphatic hydroxyl groups is 1. The summed E-state index contributed by atoms with van der Waals surface area (Å²) >= 11 is 0. The molecule has 0 saturated carbocycles. The molecule has 26 heavy (non-hydrogen) atoms. The summed E-state index contributed by atoms with van der Waals surface area (Å²) in [4.78, 5) is 23.9. The van der Waals surface area contributed by atoms with Crippen molar-refractivity contribution < 1.29 is 23.8 Å². The summed E-state index contributed by atoms with van der Waals surface area (Å²) < 4.78 is 16.4. The van der Waals surface area contributed by atoms with Crippen molar-refractivity contribution in [3.05, 3.63) is 40.2 Å². The molecule has 0 aliphatic heterocycles. The van der Waals surface area contributed by atoms with E-state index in [0.717, 1.165) is 0 Å². The second-order valence-electron chi connectivity index (χ2n) is 7.15. The maximum absolute atomic E-state index is 12.3. The molecule has 1 N–H and O–H groups in total. The number of rotatable bonds is 8. The highest BCUT2D eigenvalue weighted by Crippen LogP contribution is 2.29. The van der Waals surface area contributed by atoms with Gasteiger partial charge in [0.25, 0.3) is 0 Å². The molecule has 0 aliphatic rings. The summed E-state index contributed by atoms with van der Waals surface area (Å²) in [5, 5.41) is 11.0. The van der Waals surface area contributed by atoms with Crippen LogP contribution in [-0.2, 0) is 16.0 Å². The first-order valence-electron chi connectivity index (χ1n) is 8.60. The van der Waals surface area contributed by atoms with Gasteiger partial charge in [0.2, 0.25) is 0 Å². The van der Waals surface area contributed by atoms with Gasteiger partial charge < -0.3 is 19.0 Å². The summed E-state index contributed by atoms with van der Waals surface area (Å²) in [6.07, 6.45) is -0.791. The Kier molecular flexibility index (Phi) is 6.21. The van der Waals surface area contributed by atoms with Gasteiger partial charge in [0, 0.05) is 36.5 Å². The maximum Gasteiger partial charge on any atom is 0.336 e. The number of methoxy groups -OCH3 is 1. The van der Waals surface area contributed by atoms with E-state index < -0.39 is 17.3 Å². The van der Waals surface area contributed by atoms with Crippen molar-refractivity contribution in [3.63, 3.8) is 0 Å². The SMILES string of the molecule is COC(C)(C)C(O)COc1ccc2ccc(=O)oc2c1CC(=O)C(C)C. The molecule has 0 bridgehead atoms. The lowest BCUT2D eigenvalue weighted by atomic mass is 9.98. The van der Waals surface area contributed by atoms with E-state index in [2.05, 4.69) is 0 Å². The van der Waals surface area contributed by atoms with Crippen LogP contribution in [0.4, 0.5) is 0 Å². The fourth-order valence-corrected chi connectivity index (χ4v) is 2.36. The van der Waals surface area contributed by atoms with E-state index in [1.807, 2.05) is 13.8 Å². The first-order valence-corrected chi connectivity index (χ1v) is 8.60. The average Bonchev–Trinajstić information content (AvgIpc) is 2.60. The van der Waals surface area contributed by atoms with E-state index in [4.69, 9.17) is 13.9 Å². The molecule has 0 aliphatic carbocycles. The monoisotopic (exact) mass is 362 g/mol. The van der Waals surface area contributed by atoms with Crippen molar-refractivity contribution in [3.8, 4) is 5.75 Å². The largest absolute Gasteiger partial charge is 0.490 e. The second-order valence-corrected chi connectivity index (χ2v) is 7.15. The Morgan fingerprint density at radius 2 is 1.88 bits per heavy atom. The summed E-state index contributed by atoms with van der Waals surface area (Å²) in [5.74, 6) is 0.255. The van der Waals surface area contributed by atoms with E-state index in [0.29, 0.717) is 22.3 Å². The maximum atomic E-state index is 12.3. The summed E-state index contributed by atoms with van der Waals surface area (Å²) in [7, 11) is 1.51. The molecule has 142 valence electrons. The van der Waals surface area contributed by atoms with E-state index >= 15 is 0 Å². The van der Waals surface area contributed by atoms with Gasteiger partial charge in [0.15, 0.2) is 0 Å². The summed E-state index contributed by atoms with van der Waals surface area (Å²) in [6, 6.07) is 6.46. The fourth-order valence-electron chi connectivity index (χ4n) is 2.36. The molecule has 1 unspecified atom stereocenters. The number of aliphatic hydroxyl groups excluding tert-OH is 1. The molecule has 1 aromatic heterocycles. The van der Waals surface area contributed by atoms with Crippen LogP contribution in [0.15, 0.2) is 33.5 Å². The smallest absolute Gasteiger partial charge is 0.336 e. The number of carbonyl (C=O) groups excluding carboxylic acids is 1. The minimum absolute atomic E-state index is 0.00613. The van der Waals surface area contributed by atoms with Crippen LogP contribution in [0, 0.1) is 5.92 Å². The molecular formula is C20H26O6. The zero-order valence-corrected chi connectivity index (χ0v) is 15.9. The van der Waals surface area contributed by atoms with Crippen LogP contribution >= 0.6 is 0 Å². The van der Waals surface area contributed by atoms with Crippen LogP contribution in [0.25, 0.3) is 11.0 Å². The number of hydrogen-bond acceptors (Lipinski definition) is 6. The Hall–Kier alpha value is -2.18. The summed E-state index contributed by atoms with van der Waals surface area (Å²) in [6.45, 7) is 7.11. The lowest BCUT2D eigenvalue weighted by Gasteiger charge is -2.29. The molecule has 0 spiro atoms. The highest BCUT2D eigenvalue weighted by atomic mass is 16.5. The Bertz CT molecular complexity index is 834. The molecule has 0 saturated heterocycles. The molecule has 1 heterocycles. The highest BCUT2D eigenvalue weighted by Gasteiger charge is 2.28. The molecule has 0 fully saturated rings. The Balaban J connectivity index is 2.41. The van der Waals surface area contributed by atoms with Gasteiger partial charge in [-0.2, -0.15) is 0 Å². The van der Waals surface area contributed by atoms with Crippen molar-refractivity contribution in [2.24, 2.45) is 5.92 Å². The molecule has 0 radical (unpaired) electrons. The quantitative estimate of drug-likeness (QED) is 0.727. The lowest BCUT2D eigenvalue weighted by Crippen LogP contribution is -2.42. The molecule has 1 aromatic carbocycles. The van der Waals surface area contributed by atoms with E-state index in [1.165, 1.54) is 13.2 Å². The zero-order chi connectivity index (χ0) is 19.5. The third-order valence-electron chi connectivity index (χ3n) is 4.57. The number of fused-ring (bicyclic) bond motifs is 1. The molecule has 1 atom stereocenters. The van der Waals surface area contributed by atoms with Crippen molar-refractivity contribution in [1.82, 2.24) is 0 Å². The molecule has 6 heteroatoms. The number of hydrogen-bond donors (Lipinski definition) is 1. The fraction of sp³-hybridized carbons (Fsp3) is 0.500. The van der Waals surface area contributed by atoms with Crippen molar-refractivity contribution >= 4 is 16.8 Å². The number of ketones is 1. The predicted molar refractivity (Wildman–Crippen MR) is 98.6 cm³/mol. The van der Waals surface area contributed by atoms with Gasteiger partial charge in [-0.15, -0.1) is 0 Å². The van der Waals surface area contributed by atoms with Crippen LogP contribution in [0.1, 0.15) is 33.3 Å². The standard InChI is InChI=1S/C20H26O6/c1-12(2)15(21)10-14-16(25-11-17(22)20(3,4)24-5)8-6-13-7-9-18(23)26-19(13)14/h6-9,12,17,22H,10-11H2,1-5H3. The third-order valence-corrected chi connectivity index (χ3v) is 4.57. The normalized spacial score (nSPS) is 13.2. The van der Waals surface area contributed by atoms with Crippen LogP contribution in [0.5, 0.6) is 5.75 Å². The molecule has 0 amide bonds. The number of carbonyl (C=O) groups is 1. The molecule has 6 nitrogen and oxygen atoms in total. The van der Waals surface area contributed by atoms with Gasteiger partial charge in [0.05, 0.1) is 5.60 Å². The van der Waals surface area contributed by atoms with Crippen LogP contribution in [0.2, 0.25) is 0 Å². The van der Waals surface area contributed by atoms with Gasteiger partial charge in [-0.3, -0.25) is 4.79 Å². The van der Waals surface area contributed by atoms with E-state index in [9.17, 15) is 14.7 Å². The van der Waals surface area contributed by atoms with Crippen molar-refractivity contribution in [2.45, 2.75) is 45.8 Å². The number of ether oxygens (including phenoxy) is 2. The lowest BCUT2D eigenvalue weighted by molar-refractivity contribution is -0.121. The van der Waals surface area contributed by atoms with Crippen molar-refractivity contribution in [2.75, 3.05) is 13.7 Å². The predicted octanol–water partition coefficient (Wildman–Crippen LogP) is 2.73. The minimum atomic E-state index is -0.875. The average molecular weight is 362 g/mol. The topological polar surface area (TPSA) is 86.0 Å². The number of Topliss-reactive ketones (excluding diaryl/α,β-unsaturated/α-hetero) is 1. The second kappa shape index (κ2) is 8.01. The van der Waals surface area contributed by atoms with Crippen LogP contribution < -0.4 is 10.4 Å². The first-order chi connectivity index (χ1) is 12.2. The number of benzene rings is 1. The van der Waals surface area contributed by atoms with E-state index in [1.54, 1.807) is 32.0 Å². The zero-order valence-electron chi connectivity index (χ0n) is 15.9. The first kappa shape index (κ1) is 20.1. The highest BCUT2D eigenvalue weighted by molar-refractivity contribution is 5.90. The summed E-state index contributed by atoms with van der Waals surface area (Å²) in [5.41, 5.74) is -0.420. The van der Waals surface area contributed by atoms with Gasteiger partial charge in [0.1, 0.15) is 29.8 Å². The minimum Gasteiger partial charge on any atom is -0.490 e. The van der Waals surface area contributed by atoms with Gasteiger partial charge >= 0.3 is 5.63 Å². The molecule has 2 aromatic rings. The molecular weight excluding hydrogens is 336 g/mol. The Morgan fingerprint density at radius 3 is 2.50 bits per heavy atom. The Labute approximate surface area is 152 Å². The van der Waals surface area contributed by atoms with E-state index in [-0.39, 0.29) is 24.7 Å². The van der Waals surface area contributed by atoms with Crippen molar-refractivity contribution in [1.29, 1.82) is 0 Å². The van der Waals surface area contributed by atoms with Gasteiger partial charge in [-0.05, 0) is 32.0 Å². The van der Waals surface area contributed by atoms with Crippen LogP contribution in [0.3, 0.4) is 0 Å².